The molecule has 4 atom stereocenters. The summed E-state index contributed by atoms with van der Waals surface area (Å²) >= 11 is 0. The molecule has 2 saturated heterocycles. The zero-order chi connectivity index (χ0) is 55.2. The highest BCUT2D eigenvalue weighted by atomic mass is 16.6. The van der Waals surface area contributed by atoms with E-state index in [1.165, 1.54) is 13.8 Å². The average Bonchev–Trinajstić information content (AvgIpc) is 3.29. The van der Waals surface area contributed by atoms with Crippen LogP contribution in [-0.2, 0) is 28.7 Å². The number of nitrogens with zero attached hydrogens (tertiary/aromatic N) is 2. The lowest BCUT2D eigenvalue weighted by Crippen LogP contribution is -2.49. The number of amides is 4. The number of aromatic hydroxyl groups is 1. The van der Waals surface area contributed by atoms with E-state index in [1.54, 1.807) is 77.7 Å². The molecule has 0 unspecified atom stereocenters. The van der Waals surface area contributed by atoms with Crippen molar-refractivity contribution in [3.63, 3.8) is 0 Å². The molecule has 0 saturated carbocycles. The Morgan fingerprint density at radius 2 is 0.986 bits per heavy atom. The molecular formula is C56H70N4O13. The zero-order valence-corrected chi connectivity index (χ0v) is 44.8. The number of aliphatic carboxylic acids is 1. The summed E-state index contributed by atoms with van der Waals surface area (Å²) in [6.45, 7) is 32.7. The number of benzene rings is 4. The quantitative estimate of drug-likeness (QED) is 0.0476. The number of aryl methyl sites for hydroxylation is 4. The normalized spacial score (nSPS) is 15.9. The number of anilines is 2. The fraction of sp³-hybridized carbons (Fsp3) is 0.393. The molecule has 2 aliphatic rings. The molecular weight excluding hydrogens is 937 g/mol. The van der Waals surface area contributed by atoms with E-state index in [0.29, 0.717) is 28.3 Å². The predicted molar refractivity (Wildman–Crippen MR) is 279 cm³/mol. The molecule has 4 amide bonds. The van der Waals surface area contributed by atoms with Gasteiger partial charge >= 0.3 is 24.1 Å². The highest BCUT2D eigenvalue weighted by Crippen LogP contribution is 2.46. The number of esters is 1. The number of phenolic OH excluding ortho intramolecular Hbond substituents is 1. The van der Waals surface area contributed by atoms with Crippen molar-refractivity contribution < 1.29 is 62.7 Å². The fourth-order valence-corrected chi connectivity index (χ4v) is 7.49. The number of carbonyl (C=O) groups excluding carboxylic acids is 5. The smallest absolute Gasteiger partial charge is 0.408 e. The first-order chi connectivity index (χ1) is 33.8. The van der Waals surface area contributed by atoms with E-state index in [2.05, 4.69) is 23.8 Å². The maximum absolute atomic E-state index is 12.8. The summed E-state index contributed by atoms with van der Waals surface area (Å²) in [6.07, 6.45) is -1.43. The fourth-order valence-electron chi connectivity index (χ4n) is 7.49. The Kier molecular flexibility index (Phi) is 18.3. The lowest BCUT2D eigenvalue weighted by atomic mass is 9.87. The Labute approximate surface area is 428 Å². The summed E-state index contributed by atoms with van der Waals surface area (Å²) < 4.78 is 26.6. The number of hydrogen-bond acceptors (Lipinski definition) is 12. The largest absolute Gasteiger partial charge is 0.508 e. The van der Waals surface area contributed by atoms with E-state index in [0.717, 1.165) is 55.9 Å². The Balaban J connectivity index is 0.000000267. The molecule has 4 aromatic carbocycles. The number of carboxylic acids is 1. The topological polar surface area (TPSA) is 220 Å². The molecule has 17 heteroatoms. The van der Waals surface area contributed by atoms with Crippen molar-refractivity contribution in [2.75, 3.05) is 24.0 Å². The van der Waals surface area contributed by atoms with Crippen LogP contribution in [0.1, 0.15) is 112 Å². The van der Waals surface area contributed by atoms with Crippen molar-refractivity contribution in [2.45, 2.75) is 132 Å². The molecule has 4 N–H and O–H groups in total. The highest BCUT2D eigenvalue weighted by Gasteiger charge is 2.44. The molecule has 0 spiro atoms. The lowest BCUT2D eigenvalue weighted by molar-refractivity contribution is -0.139. The first kappa shape index (κ1) is 57.8. The molecule has 2 aliphatic heterocycles. The third kappa shape index (κ3) is 14.2. The van der Waals surface area contributed by atoms with Crippen molar-refractivity contribution in [2.24, 2.45) is 0 Å². The SMILES string of the molecule is C=C1C(=O)N(c2cc(C)c(C)c(OC)c2)[C@H]1c1ccc(C)c(O)c1.C=C1C(=O)N(c2cc(C)c(C)c(OC)c2)[C@H]1c1ccc(C)c(OC(=O)[C@H](C)NC(=O)OC(C)(C)C)c1.C[C@H](NC(=O)OC(C)(C)C)C(=O)O. The van der Waals surface area contributed by atoms with Gasteiger partial charge in [0.25, 0.3) is 11.8 Å². The number of rotatable bonds is 11. The van der Waals surface area contributed by atoms with Crippen LogP contribution in [0, 0.1) is 41.5 Å². The average molecular weight is 1010 g/mol. The minimum Gasteiger partial charge on any atom is -0.508 e. The van der Waals surface area contributed by atoms with Gasteiger partial charge in [0.2, 0.25) is 0 Å². The van der Waals surface area contributed by atoms with Gasteiger partial charge in [-0.2, -0.15) is 0 Å². The van der Waals surface area contributed by atoms with Gasteiger partial charge in [-0.05, 0) is 166 Å². The second-order valence-corrected chi connectivity index (χ2v) is 20.0. The monoisotopic (exact) mass is 1010 g/mol. The van der Waals surface area contributed by atoms with E-state index in [9.17, 15) is 33.9 Å². The second-order valence-electron chi connectivity index (χ2n) is 20.0. The number of β-lactam (4-membered cyclic amide) rings is 2. The van der Waals surface area contributed by atoms with Crippen LogP contribution in [0.25, 0.3) is 0 Å². The summed E-state index contributed by atoms with van der Waals surface area (Å²) in [5.41, 5.74) is 8.38. The van der Waals surface area contributed by atoms with Gasteiger partial charge in [-0.25, -0.2) is 14.4 Å². The molecule has 392 valence electrons. The van der Waals surface area contributed by atoms with Gasteiger partial charge in [0.1, 0.15) is 46.3 Å². The van der Waals surface area contributed by atoms with Gasteiger partial charge in [-0.3, -0.25) is 24.2 Å². The van der Waals surface area contributed by atoms with Crippen molar-refractivity contribution in [1.29, 1.82) is 0 Å². The van der Waals surface area contributed by atoms with Crippen molar-refractivity contribution in [1.82, 2.24) is 10.6 Å². The van der Waals surface area contributed by atoms with Crippen LogP contribution in [0.4, 0.5) is 21.0 Å². The first-order valence-corrected chi connectivity index (χ1v) is 23.5. The molecule has 2 heterocycles. The summed E-state index contributed by atoms with van der Waals surface area (Å²) in [7, 11) is 3.22. The Morgan fingerprint density at radius 1 is 0.589 bits per heavy atom. The third-order valence-electron chi connectivity index (χ3n) is 11.8. The summed E-state index contributed by atoms with van der Waals surface area (Å²) in [5.74, 6) is -0.0199. The van der Waals surface area contributed by atoms with Crippen LogP contribution in [0.2, 0.25) is 0 Å². The number of carbonyl (C=O) groups is 6. The molecule has 0 aromatic heterocycles. The summed E-state index contributed by atoms with van der Waals surface area (Å²) in [5, 5.41) is 23.1. The summed E-state index contributed by atoms with van der Waals surface area (Å²) in [6, 6.07) is 16.0. The van der Waals surface area contributed by atoms with Crippen molar-refractivity contribution in [3.05, 3.63) is 129 Å². The minimum absolute atomic E-state index is 0.106. The molecule has 4 aromatic rings. The first-order valence-electron chi connectivity index (χ1n) is 23.5. The number of alkyl carbamates (subject to hydrolysis) is 2. The van der Waals surface area contributed by atoms with E-state index in [-0.39, 0.29) is 23.6 Å². The van der Waals surface area contributed by atoms with Gasteiger partial charge in [0, 0.05) is 34.7 Å². The zero-order valence-electron chi connectivity index (χ0n) is 44.8. The molecule has 0 radical (unpaired) electrons. The number of methoxy groups -OCH3 is 2. The Bertz CT molecular complexity index is 2820. The van der Waals surface area contributed by atoms with Crippen molar-refractivity contribution in [3.8, 4) is 23.0 Å². The number of phenols is 1. The van der Waals surface area contributed by atoms with Gasteiger partial charge in [-0.15, -0.1) is 0 Å². The molecule has 6 rings (SSSR count). The van der Waals surface area contributed by atoms with Crippen LogP contribution in [0.15, 0.2) is 85.0 Å². The van der Waals surface area contributed by atoms with Gasteiger partial charge in [0.15, 0.2) is 0 Å². The van der Waals surface area contributed by atoms with Crippen LogP contribution in [0.3, 0.4) is 0 Å². The van der Waals surface area contributed by atoms with E-state index >= 15 is 0 Å². The minimum atomic E-state index is -1.09. The molecule has 0 bridgehead atoms. The highest BCUT2D eigenvalue weighted by molar-refractivity contribution is 6.16. The molecule has 17 nitrogen and oxygen atoms in total. The number of carboxylic acid groups (broad SMARTS) is 1. The van der Waals surface area contributed by atoms with Crippen LogP contribution in [-0.4, -0.2) is 83.7 Å². The van der Waals surface area contributed by atoms with Crippen LogP contribution in [0.5, 0.6) is 23.0 Å². The van der Waals surface area contributed by atoms with E-state index in [4.69, 9.17) is 28.8 Å². The van der Waals surface area contributed by atoms with E-state index in [1.807, 2.05) is 90.1 Å². The van der Waals surface area contributed by atoms with Gasteiger partial charge in [-0.1, -0.05) is 37.4 Å². The van der Waals surface area contributed by atoms with E-state index < -0.39 is 53.5 Å². The standard InChI is InChI=1S/C28H34N2O6.C20H21NO3.C8H15NO4/c1-15-10-11-20(13-22(15)35-26(32)19(5)29-27(33)36-28(6,7)8)24-18(4)25(31)30(24)21-12-16(2)17(3)23(14-21)34-9;1-11-6-7-15(9-17(11)22)19-14(4)20(23)21(19)16-8-12(2)13(3)18(10-16)24-5;1-5(6(10)11)9-7(12)13-8(2,3)4/h10-14,19,24H,4H2,1-3,5-9H3,(H,29,33);6-10,19,22H,4H2,1-3,5H3;5H,1-4H3,(H,9,12)(H,10,11)/t19-,24+;19-;5-/m010/s1. The number of nitrogens with one attached hydrogen (secondary N) is 2. The molecule has 0 aliphatic carbocycles. The van der Waals surface area contributed by atoms with Crippen molar-refractivity contribution >= 4 is 47.3 Å². The Hall–Kier alpha value is -7.82. The number of ether oxygens (including phenoxy) is 5. The summed E-state index contributed by atoms with van der Waals surface area (Å²) in [4.78, 5) is 74.6. The maximum Gasteiger partial charge on any atom is 0.408 e. The van der Waals surface area contributed by atoms with Crippen LogP contribution < -0.4 is 34.6 Å². The van der Waals surface area contributed by atoms with Gasteiger partial charge in [0.05, 0.1) is 26.3 Å². The van der Waals surface area contributed by atoms with Crippen LogP contribution >= 0.6 is 0 Å². The maximum atomic E-state index is 12.8. The molecule has 2 fully saturated rings. The van der Waals surface area contributed by atoms with Gasteiger partial charge < -0.3 is 44.5 Å². The lowest BCUT2D eigenvalue weighted by Gasteiger charge is -2.43. The second kappa shape index (κ2) is 23.2. The Morgan fingerprint density at radius 3 is 1.37 bits per heavy atom. The molecule has 73 heavy (non-hydrogen) atoms. The number of hydrogen-bond donors (Lipinski definition) is 4. The third-order valence-corrected chi connectivity index (χ3v) is 11.8. The predicted octanol–water partition coefficient (Wildman–Crippen LogP) is 10.0.